The van der Waals surface area contributed by atoms with Crippen molar-refractivity contribution >= 4 is 6.09 Å². The molecular formula is C25H35FN2O5. The highest BCUT2D eigenvalue weighted by atomic mass is 19.1. The lowest BCUT2D eigenvalue weighted by molar-refractivity contribution is -0.109. The van der Waals surface area contributed by atoms with Crippen LogP contribution < -0.4 is 4.74 Å². The van der Waals surface area contributed by atoms with Gasteiger partial charge in [-0.3, -0.25) is 4.90 Å². The predicted molar refractivity (Wildman–Crippen MR) is 120 cm³/mol. The SMILES string of the molecule is CC(C)(C)OC(=O)N1CC2(C[C@H](N3CCC(c4cc(F)ccc4OC4COC4)CC3)CO2)C1. The number of piperidine rings is 1. The van der Waals surface area contributed by atoms with Gasteiger partial charge in [-0.25, -0.2) is 9.18 Å². The van der Waals surface area contributed by atoms with Crippen LogP contribution in [-0.4, -0.2) is 85.2 Å². The lowest BCUT2D eigenvalue weighted by Crippen LogP contribution is -2.64. The monoisotopic (exact) mass is 462 g/mol. The summed E-state index contributed by atoms with van der Waals surface area (Å²) in [5.74, 6) is 0.869. The van der Waals surface area contributed by atoms with E-state index in [0.717, 1.165) is 43.7 Å². The third kappa shape index (κ3) is 4.98. The number of hydrogen-bond acceptors (Lipinski definition) is 6. The van der Waals surface area contributed by atoms with Gasteiger partial charge in [0.05, 0.1) is 32.9 Å². The Hall–Kier alpha value is -1.90. The normalized spacial score (nSPS) is 26.2. The Morgan fingerprint density at radius 1 is 1.15 bits per heavy atom. The molecule has 0 radical (unpaired) electrons. The van der Waals surface area contributed by atoms with Gasteiger partial charge in [-0.1, -0.05) is 0 Å². The van der Waals surface area contributed by atoms with Crippen molar-refractivity contribution in [2.24, 2.45) is 0 Å². The van der Waals surface area contributed by atoms with E-state index in [1.807, 2.05) is 20.8 Å². The third-order valence-electron chi connectivity index (χ3n) is 7.16. The summed E-state index contributed by atoms with van der Waals surface area (Å²) in [6.45, 7) is 10.6. The lowest BCUT2D eigenvalue weighted by Gasteiger charge is -2.47. The van der Waals surface area contributed by atoms with Crippen LogP contribution in [0.1, 0.15) is 51.5 Å². The van der Waals surface area contributed by atoms with E-state index in [-0.39, 0.29) is 29.5 Å². The lowest BCUT2D eigenvalue weighted by atomic mass is 9.86. The van der Waals surface area contributed by atoms with Crippen molar-refractivity contribution in [1.82, 2.24) is 9.80 Å². The summed E-state index contributed by atoms with van der Waals surface area (Å²) in [6.07, 6.45) is 2.68. The molecular weight excluding hydrogens is 427 g/mol. The van der Waals surface area contributed by atoms with Crippen LogP contribution in [0.5, 0.6) is 5.75 Å². The highest BCUT2D eigenvalue weighted by Gasteiger charge is 2.53. The van der Waals surface area contributed by atoms with Crippen molar-refractivity contribution in [3.63, 3.8) is 0 Å². The summed E-state index contributed by atoms with van der Waals surface area (Å²) in [5.41, 5.74) is 0.265. The molecule has 4 aliphatic rings. The minimum absolute atomic E-state index is 0.0730. The van der Waals surface area contributed by atoms with Crippen molar-refractivity contribution < 1.29 is 28.1 Å². The van der Waals surface area contributed by atoms with Gasteiger partial charge in [0.2, 0.25) is 0 Å². The Morgan fingerprint density at radius 2 is 1.88 bits per heavy atom. The molecule has 0 unspecified atom stereocenters. The van der Waals surface area contributed by atoms with Gasteiger partial charge in [0.15, 0.2) is 0 Å². The quantitative estimate of drug-likeness (QED) is 0.682. The molecule has 182 valence electrons. The molecule has 0 aliphatic carbocycles. The number of benzene rings is 1. The zero-order chi connectivity index (χ0) is 23.2. The van der Waals surface area contributed by atoms with E-state index in [1.165, 1.54) is 6.07 Å². The molecule has 8 heteroatoms. The number of amides is 1. The average molecular weight is 463 g/mol. The molecule has 5 rings (SSSR count). The van der Waals surface area contributed by atoms with Gasteiger partial charge in [-0.05, 0) is 77.2 Å². The first kappa shape index (κ1) is 22.9. The minimum atomic E-state index is -0.485. The Kier molecular flexibility index (Phi) is 6.04. The second-order valence-electron chi connectivity index (χ2n) is 11.0. The van der Waals surface area contributed by atoms with Crippen LogP contribution >= 0.6 is 0 Å². The summed E-state index contributed by atoms with van der Waals surface area (Å²) in [7, 11) is 0. The summed E-state index contributed by atoms with van der Waals surface area (Å²) in [5, 5.41) is 0. The van der Waals surface area contributed by atoms with Gasteiger partial charge >= 0.3 is 6.09 Å². The topological polar surface area (TPSA) is 60.5 Å². The van der Waals surface area contributed by atoms with Crippen molar-refractivity contribution in [3.8, 4) is 5.75 Å². The number of halogens is 1. The molecule has 4 fully saturated rings. The molecule has 1 spiro atoms. The maximum atomic E-state index is 14.0. The Labute approximate surface area is 195 Å². The second kappa shape index (κ2) is 8.71. The fourth-order valence-electron chi connectivity index (χ4n) is 5.36. The van der Waals surface area contributed by atoms with Gasteiger partial charge in [0.25, 0.3) is 0 Å². The molecule has 1 amide bonds. The number of nitrogens with zero attached hydrogens (tertiary/aromatic N) is 2. The van der Waals surface area contributed by atoms with E-state index in [9.17, 15) is 9.18 Å². The van der Waals surface area contributed by atoms with Crippen molar-refractivity contribution in [3.05, 3.63) is 29.6 Å². The van der Waals surface area contributed by atoms with Crippen LogP contribution in [-0.2, 0) is 14.2 Å². The number of ether oxygens (including phenoxy) is 4. The number of carbonyl (C=O) groups excluding carboxylic acids is 1. The molecule has 0 aromatic heterocycles. The van der Waals surface area contributed by atoms with E-state index in [4.69, 9.17) is 18.9 Å². The fourth-order valence-corrected chi connectivity index (χ4v) is 5.36. The first-order valence-corrected chi connectivity index (χ1v) is 12.1. The largest absolute Gasteiger partial charge is 0.485 e. The van der Waals surface area contributed by atoms with Gasteiger partial charge in [0, 0.05) is 11.6 Å². The van der Waals surface area contributed by atoms with Crippen LogP contribution in [0, 0.1) is 5.82 Å². The van der Waals surface area contributed by atoms with Gasteiger partial charge in [-0.2, -0.15) is 0 Å². The highest BCUT2D eigenvalue weighted by molar-refractivity contribution is 5.69. The van der Waals surface area contributed by atoms with Gasteiger partial charge in [-0.15, -0.1) is 0 Å². The Bertz CT molecular complexity index is 870. The van der Waals surface area contributed by atoms with Crippen molar-refractivity contribution in [1.29, 1.82) is 0 Å². The average Bonchev–Trinajstić information content (AvgIpc) is 3.15. The van der Waals surface area contributed by atoms with E-state index >= 15 is 0 Å². The van der Waals surface area contributed by atoms with Crippen LogP contribution in [0.4, 0.5) is 9.18 Å². The van der Waals surface area contributed by atoms with E-state index < -0.39 is 5.60 Å². The van der Waals surface area contributed by atoms with Gasteiger partial charge in [0.1, 0.15) is 28.9 Å². The van der Waals surface area contributed by atoms with Crippen molar-refractivity contribution in [2.45, 2.75) is 69.3 Å². The molecule has 33 heavy (non-hydrogen) atoms. The smallest absolute Gasteiger partial charge is 0.410 e. The standard InChI is InChI=1S/C25H35FN2O5/c1-24(2,3)33-23(29)28-15-25(16-28)11-19(12-31-25)27-8-6-17(7-9-27)21-10-18(26)4-5-22(21)32-20-13-30-14-20/h4-5,10,17,19-20H,6-9,11-16H2,1-3H3/t19-/m0/s1. The van der Waals surface area contributed by atoms with E-state index in [0.29, 0.717) is 39.0 Å². The van der Waals surface area contributed by atoms with Crippen LogP contribution in [0.15, 0.2) is 18.2 Å². The van der Waals surface area contributed by atoms with Gasteiger partial charge < -0.3 is 23.8 Å². The molecule has 1 aromatic carbocycles. The molecule has 4 aliphatic heterocycles. The second-order valence-corrected chi connectivity index (χ2v) is 11.0. The van der Waals surface area contributed by atoms with Crippen molar-refractivity contribution in [2.75, 3.05) is 46.0 Å². The molecule has 7 nitrogen and oxygen atoms in total. The maximum Gasteiger partial charge on any atom is 0.410 e. The molecule has 0 bridgehead atoms. The van der Waals surface area contributed by atoms with E-state index in [1.54, 1.807) is 17.0 Å². The molecule has 0 N–H and O–H groups in total. The number of carbonyl (C=O) groups is 1. The minimum Gasteiger partial charge on any atom is -0.485 e. The van der Waals surface area contributed by atoms with E-state index in [2.05, 4.69) is 4.90 Å². The molecule has 1 aromatic rings. The summed E-state index contributed by atoms with van der Waals surface area (Å²) >= 11 is 0. The Morgan fingerprint density at radius 3 is 2.52 bits per heavy atom. The zero-order valence-electron chi connectivity index (χ0n) is 19.8. The third-order valence-corrected chi connectivity index (χ3v) is 7.16. The first-order valence-electron chi connectivity index (χ1n) is 12.1. The number of rotatable bonds is 4. The van der Waals surface area contributed by atoms with Crippen LogP contribution in [0.25, 0.3) is 0 Å². The Balaban J connectivity index is 1.13. The number of likely N-dealkylation sites (tertiary alicyclic amines) is 2. The fraction of sp³-hybridized carbons (Fsp3) is 0.720. The van der Waals surface area contributed by atoms with Crippen LogP contribution in [0.2, 0.25) is 0 Å². The molecule has 1 atom stereocenters. The van der Waals surface area contributed by atoms with Crippen LogP contribution in [0.3, 0.4) is 0 Å². The first-order chi connectivity index (χ1) is 15.7. The highest BCUT2D eigenvalue weighted by Crippen LogP contribution is 2.41. The number of hydrogen-bond donors (Lipinski definition) is 0. The summed E-state index contributed by atoms with van der Waals surface area (Å²) in [6, 6.07) is 5.24. The molecule has 4 heterocycles. The zero-order valence-corrected chi connectivity index (χ0v) is 19.8. The molecule has 4 saturated heterocycles. The summed E-state index contributed by atoms with van der Waals surface area (Å²) in [4.78, 5) is 16.5. The maximum absolute atomic E-state index is 14.0. The summed E-state index contributed by atoms with van der Waals surface area (Å²) < 4.78 is 37.0. The molecule has 0 saturated carbocycles. The predicted octanol–water partition coefficient (Wildman–Crippen LogP) is 3.56.